The van der Waals surface area contributed by atoms with Gasteiger partial charge >= 0.3 is 0 Å². The highest BCUT2D eigenvalue weighted by molar-refractivity contribution is 7.92. The van der Waals surface area contributed by atoms with Crippen LogP contribution in [0.1, 0.15) is 38.9 Å². The molecule has 2 heterocycles. The van der Waals surface area contributed by atoms with E-state index in [1.54, 1.807) is 19.2 Å². The van der Waals surface area contributed by atoms with Crippen LogP contribution in [0.4, 0.5) is 14.5 Å². The molecule has 142 valence electrons. The molecule has 0 aliphatic rings. The number of rotatable bonds is 6. The van der Waals surface area contributed by atoms with Crippen molar-refractivity contribution in [1.82, 2.24) is 9.97 Å². The lowest BCUT2D eigenvalue weighted by atomic mass is 10.0. The number of aryl methyl sites for hydroxylation is 1. The van der Waals surface area contributed by atoms with Gasteiger partial charge in [0.1, 0.15) is 11.5 Å². The molecule has 1 aromatic carbocycles. The molecular formula is C18H17F2N3O3S. The zero-order valence-corrected chi connectivity index (χ0v) is 15.0. The van der Waals surface area contributed by atoms with Crippen LogP contribution in [-0.4, -0.2) is 29.9 Å². The number of aromatic amines is 1. The Hall–Kier alpha value is -2.81. The van der Waals surface area contributed by atoms with Gasteiger partial charge in [0.2, 0.25) is 15.8 Å². The molecule has 0 saturated heterocycles. The fraction of sp³-hybridized carbons (Fsp3) is 0.222. The zero-order chi connectivity index (χ0) is 22.3. The largest absolute Gasteiger partial charge is 0.345 e. The molecule has 6 nitrogen and oxygen atoms in total. The van der Waals surface area contributed by atoms with Gasteiger partial charge in [-0.2, -0.15) is 0 Å². The summed E-state index contributed by atoms with van der Waals surface area (Å²) in [6.07, 6.45) is 2.17. The van der Waals surface area contributed by atoms with E-state index in [0.29, 0.717) is 11.0 Å². The smallest absolute Gasteiger partial charge is 0.232 e. The van der Waals surface area contributed by atoms with Gasteiger partial charge in [-0.1, -0.05) is 6.85 Å². The lowest BCUT2D eigenvalue weighted by molar-refractivity contribution is 0.103. The number of benzene rings is 1. The second-order valence-electron chi connectivity index (χ2n) is 5.90. The van der Waals surface area contributed by atoms with E-state index in [4.69, 9.17) is 4.11 Å². The highest BCUT2D eigenvalue weighted by Gasteiger charge is 2.25. The first-order valence-corrected chi connectivity index (χ1v) is 9.50. The number of aromatic nitrogens is 2. The molecule has 0 bridgehead atoms. The quantitative estimate of drug-likeness (QED) is 0.624. The van der Waals surface area contributed by atoms with Crippen LogP contribution >= 0.6 is 0 Å². The fourth-order valence-electron chi connectivity index (χ4n) is 2.62. The average Bonchev–Trinajstić information content (AvgIpc) is 3.05. The van der Waals surface area contributed by atoms with Gasteiger partial charge in [0.05, 0.1) is 17.0 Å². The SMILES string of the molecule is [2H]C([2H])([2H])CCS(=O)(=O)Nc1ccc(F)c(C(=O)c2c[nH]c3ncc(C)cc23)c1F. The Morgan fingerprint density at radius 3 is 2.89 bits per heavy atom. The van der Waals surface area contributed by atoms with E-state index >= 15 is 0 Å². The summed E-state index contributed by atoms with van der Waals surface area (Å²) in [7, 11) is -4.24. The van der Waals surface area contributed by atoms with E-state index in [-0.39, 0.29) is 5.56 Å². The predicted octanol–water partition coefficient (Wildman–Crippen LogP) is 3.53. The Bertz CT molecular complexity index is 1240. The van der Waals surface area contributed by atoms with Crippen LogP contribution < -0.4 is 4.72 Å². The molecule has 0 fully saturated rings. The average molecular weight is 396 g/mol. The van der Waals surface area contributed by atoms with Gasteiger partial charge in [0, 0.05) is 27.5 Å². The van der Waals surface area contributed by atoms with E-state index < -0.39 is 57.7 Å². The normalized spacial score (nSPS) is 13.8. The Kier molecular flexibility index (Phi) is 4.00. The van der Waals surface area contributed by atoms with Crippen LogP contribution in [0.5, 0.6) is 0 Å². The summed E-state index contributed by atoms with van der Waals surface area (Å²) in [4.78, 5) is 19.7. The van der Waals surface area contributed by atoms with Crippen molar-refractivity contribution >= 4 is 32.5 Å². The number of fused-ring (bicyclic) bond motifs is 1. The topological polar surface area (TPSA) is 91.9 Å². The molecule has 0 atom stereocenters. The molecule has 0 radical (unpaired) electrons. The monoisotopic (exact) mass is 396 g/mol. The van der Waals surface area contributed by atoms with Crippen molar-refractivity contribution in [2.75, 3.05) is 10.5 Å². The number of halogens is 2. The first-order valence-electron chi connectivity index (χ1n) is 9.35. The predicted molar refractivity (Wildman–Crippen MR) is 98.3 cm³/mol. The zero-order valence-electron chi connectivity index (χ0n) is 17.1. The van der Waals surface area contributed by atoms with Gasteiger partial charge in [-0.05, 0) is 37.1 Å². The Morgan fingerprint density at radius 2 is 2.15 bits per heavy atom. The molecule has 2 aromatic heterocycles. The molecule has 2 N–H and O–H groups in total. The summed E-state index contributed by atoms with van der Waals surface area (Å²) in [6.45, 7) is -0.748. The Balaban J connectivity index is 1.98. The second-order valence-corrected chi connectivity index (χ2v) is 7.74. The van der Waals surface area contributed by atoms with E-state index in [9.17, 15) is 22.0 Å². The minimum atomic E-state index is -4.24. The molecular weight excluding hydrogens is 376 g/mol. The first-order chi connectivity index (χ1) is 13.9. The summed E-state index contributed by atoms with van der Waals surface area (Å²) < 4.78 is 76.6. The number of nitrogens with one attached hydrogen (secondary N) is 2. The third-order valence-corrected chi connectivity index (χ3v) is 5.14. The minimum absolute atomic E-state index is 0.0265. The summed E-state index contributed by atoms with van der Waals surface area (Å²) in [6, 6.07) is 3.22. The number of anilines is 1. The van der Waals surface area contributed by atoms with E-state index in [0.717, 1.165) is 17.7 Å². The van der Waals surface area contributed by atoms with Gasteiger partial charge in [-0.15, -0.1) is 0 Å². The van der Waals surface area contributed by atoms with Crippen LogP contribution in [0.2, 0.25) is 0 Å². The molecule has 0 amide bonds. The highest BCUT2D eigenvalue weighted by atomic mass is 32.2. The standard InChI is InChI=1S/C18H17F2N3O3S/c1-3-6-27(25,26)23-14-5-4-13(19)15(16(14)20)17(24)12-9-22-18-11(12)7-10(2)8-21-18/h4-5,7-9,23H,3,6H2,1-2H3,(H,21,22)/i1D3. The summed E-state index contributed by atoms with van der Waals surface area (Å²) in [5, 5.41) is 0.363. The van der Waals surface area contributed by atoms with Crippen LogP contribution in [0, 0.1) is 18.6 Å². The van der Waals surface area contributed by atoms with E-state index in [1.165, 1.54) is 6.20 Å². The first kappa shape index (κ1) is 15.3. The third-order valence-electron chi connectivity index (χ3n) is 3.87. The number of carbonyl (C=O) groups excluding carboxylic acids is 1. The highest BCUT2D eigenvalue weighted by Crippen LogP contribution is 2.27. The van der Waals surface area contributed by atoms with Crippen molar-refractivity contribution in [2.45, 2.75) is 20.2 Å². The Morgan fingerprint density at radius 1 is 1.37 bits per heavy atom. The van der Waals surface area contributed by atoms with Crippen molar-refractivity contribution in [1.29, 1.82) is 0 Å². The number of hydrogen-bond donors (Lipinski definition) is 2. The molecule has 0 saturated carbocycles. The van der Waals surface area contributed by atoms with Crippen LogP contribution in [0.15, 0.2) is 30.6 Å². The second kappa shape index (κ2) is 7.07. The molecule has 3 rings (SSSR count). The number of sulfonamides is 1. The van der Waals surface area contributed by atoms with Crippen molar-refractivity contribution in [3.63, 3.8) is 0 Å². The van der Waals surface area contributed by atoms with Gasteiger partial charge in [-0.3, -0.25) is 9.52 Å². The number of pyridine rings is 1. The van der Waals surface area contributed by atoms with Crippen molar-refractivity contribution in [3.05, 3.63) is 58.9 Å². The van der Waals surface area contributed by atoms with Crippen molar-refractivity contribution < 1.29 is 26.1 Å². The maximum absolute atomic E-state index is 14.9. The molecule has 9 heteroatoms. The molecule has 0 aliphatic carbocycles. The van der Waals surface area contributed by atoms with Gasteiger partial charge in [-0.25, -0.2) is 22.2 Å². The minimum Gasteiger partial charge on any atom is -0.345 e. The van der Waals surface area contributed by atoms with Gasteiger partial charge in [0.25, 0.3) is 0 Å². The summed E-state index contributed by atoms with van der Waals surface area (Å²) >= 11 is 0. The molecule has 27 heavy (non-hydrogen) atoms. The number of H-pyrrole nitrogens is 1. The summed E-state index contributed by atoms with van der Waals surface area (Å²) in [5.41, 5.74) is -0.534. The molecule has 0 unspecified atom stereocenters. The van der Waals surface area contributed by atoms with Crippen LogP contribution in [-0.2, 0) is 10.0 Å². The number of hydrogen-bond acceptors (Lipinski definition) is 4. The molecule has 0 spiro atoms. The summed E-state index contributed by atoms with van der Waals surface area (Å²) in [5.74, 6) is -4.35. The number of carbonyl (C=O) groups is 1. The molecule has 0 aliphatic heterocycles. The molecule has 3 aromatic rings. The van der Waals surface area contributed by atoms with Gasteiger partial charge in [0.15, 0.2) is 5.82 Å². The third kappa shape index (κ3) is 3.68. The van der Waals surface area contributed by atoms with Crippen LogP contribution in [0.3, 0.4) is 0 Å². The van der Waals surface area contributed by atoms with E-state index in [2.05, 4.69) is 9.97 Å². The fourth-order valence-corrected chi connectivity index (χ4v) is 3.49. The maximum Gasteiger partial charge on any atom is 0.232 e. The van der Waals surface area contributed by atoms with Crippen LogP contribution in [0.25, 0.3) is 11.0 Å². The lowest BCUT2D eigenvalue weighted by Crippen LogP contribution is -2.18. The lowest BCUT2D eigenvalue weighted by Gasteiger charge is -2.11. The van der Waals surface area contributed by atoms with E-state index in [1.807, 2.05) is 4.72 Å². The number of nitrogens with zero attached hydrogens (tertiary/aromatic N) is 1. The van der Waals surface area contributed by atoms with Gasteiger partial charge < -0.3 is 4.98 Å². The van der Waals surface area contributed by atoms with Crippen molar-refractivity contribution in [3.8, 4) is 0 Å². The Labute approximate surface area is 158 Å². The number of ketones is 1. The maximum atomic E-state index is 14.9. The van der Waals surface area contributed by atoms with Crippen molar-refractivity contribution in [2.24, 2.45) is 0 Å².